The van der Waals surface area contributed by atoms with E-state index in [4.69, 9.17) is 4.74 Å². The zero-order valence-corrected chi connectivity index (χ0v) is 12.8. The first-order chi connectivity index (χ1) is 10.0. The SMILES string of the molecule is CCOC(=O)Nc1ccc(S(=O)(=O)NC2CCCC2)cc1. The molecule has 0 saturated heterocycles. The molecule has 0 spiro atoms. The van der Waals surface area contributed by atoms with Crippen LogP contribution in [0.15, 0.2) is 29.2 Å². The maximum atomic E-state index is 12.2. The van der Waals surface area contributed by atoms with Crippen LogP contribution in [0.3, 0.4) is 0 Å². The molecule has 7 heteroatoms. The largest absolute Gasteiger partial charge is 0.450 e. The second-order valence-electron chi connectivity index (χ2n) is 4.97. The van der Waals surface area contributed by atoms with Crippen molar-refractivity contribution >= 4 is 21.8 Å². The summed E-state index contributed by atoms with van der Waals surface area (Å²) in [5.74, 6) is 0. The maximum Gasteiger partial charge on any atom is 0.411 e. The second-order valence-corrected chi connectivity index (χ2v) is 6.69. The molecule has 0 atom stereocenters. The molecule has 1 aromatic rings. The van der Waals surface area contributed by atoms with Crippen LogP contribution in [0.1, 0.15) is 32.6 Å². The van der Waals surface area contributed by atoms with E-state index in [2.05, 4.69) is 10.0 Å². The third kappa shape index (κ3) is 4.44. The van der Waals surface area contributed by atoms with Crippen molar-refractivity contribution in [1.82, 2.24) is 4.72 Å². The average Bonchev–Trinajstić information content (AvgIpc) is 2.91. The van der Waals surface area contributed by atoms with Gasteiger partial charge in [-0.05, 0) is 44.0 Å². The Hall–Kier alpha value is -1.60. The molecule has 1 aromatic carbocycles. The number of benzene rings is 1. The summed E-state index contributed by atoms with van der Waals surface area (Å²) in [4.78, 5) is 11.5. The van der Waals surface area contributed by atoms with Crippen LogP contribution < -0.4 is 10.0 Å². The van der Waals surface area contributed by atoms with Crippen molar-refractivity contribution in [3.63, 3.8) is 0 Å². The molecule has 0 bridgehead atoms. The topological polar surface area (TPSA) is 84.5 Å². The van der Waals surface area contributed by atoms with Crippen molar-refractivity contribution in [2.24, 2.45) is 0 Å². The number of ether oxygens (including phenoxy) is 1. The summed E-state index contributed by atoms with van der Waals surface area (Å²) in [6.07, 6.45) is 3.35. The molecule has 1 fully saturated rings. The molecule has 21 heavy (non-hydrogen) atoms. The van der Waals surface area contributed by atoms with Gasteiger partial charge in [-0.1, -0.05) is 12.8 Å². The van der Waals surface area contributed by atoms with Crippen molar-refractivity contribution in [2.75, 3.05) is 11.9 Å². The smallest absolute Gasteiger partial charge is 0.411 e. The molecule has 0 radical (unpaired) electrons. The predicted molar refractivity (Wildman–Crippen MR) is 79.7 cm³/mol. The first kappa shape index (κ1) is 15.8. The molecule has 116 valence electrons. The van der Waals surface area contributed by atoms with Gasteiger partial charge in [-0.2, -0.15) is 0 Å². The number of sulfonamides is 1. The minimum atomic E-state index is -3.49. The summed E-state index contributed by atoms with van der Waals surface area (Å²) in [6, 6.07) is 6.06. The normalized spacial score (nSPS) is 15.9. The van der Waals surface area contributed by atoms with Crippen LogP contribution in [0.4, 0.5) is 10.5 Å². The molecular weight excluding hydrogens is 292 g/mol. The fourth-order valence-electron chi connectivity index (χ4n) is 2.33. The summed E-state index contributed by atoms with van der Waals surface area (Å²) < 4.78 is 31.9. The van der Waals surface area contributed by atoms with Gasteiger partial charge in [0.25, 0.3) is 0 Å². The van der Waals surface area contributed by atoms with E-state index in [-0.39, 0.29) is 17.5 Å². The summed E-state index contributed by atoms with van der Waals surface area (Å²) in [5, 5.41) is 2.52. The number of anilines is 1. The minimum Gasteiger partial charge on any atom is -0.450 e. The maximum absolute atomic E-state index is 12.2. The van der Waals surface area contributed by atoms with E-state index in [1.54, 1.807) is 19.1 Å². The lowest BCUT2D eigenvalue weighted by Gasteiger charge is -2.13. The Bertz CT molecular complexity index is 577. The predicted octanol–water partition coefficient (Wildman–Crippen LogP) is 2.48. The number of carbonyl (C=O) groups excluding carboxylic acids is 1. The fraction of sp³-hybridized carbons (Fsp3) is 0.500. The monoisotopic (exact) mass is 312 g/mol. The number of carbonyl (C=O) groups is 1. The molecule has 0 aromatic heterocycles. The Morgan fingerprint density at radius 3 is 2.43 bits per heavy atom. The van der Waals surface area contributed by atoms with E-state index in [0.29, 0.717) is 5.69 Å². The highest BCUT2D eigenvalue weighted by Crippen LogP contribution is 2.21. The van der Waals surface area contributed by atoms with Crippen molar-refractivity contribution < 1.29 is 17.9 Å². The Balaban J connectivity index is 2.01. The van der Waals surface area contributed by atoms with Crippen LogP contribution in [-0.4, -0.2) is 27.2 Å². The Kier molecular flexibility index (Phi) is 5.19. The van der Waals surface area contributed by atoms with Crippen LogP contribution in [-0.2, 0) is 14.8 Å². The van der Waals surface area contributed by atoms with Crippen LogP contribution in [0.2, 0.25) is 0 Å². The summed E-state index contributed by atoms with van der Waals surface area (Å²) in [7, 11) is -3.49. The van der Waals surface area contributed by atoms with Crippen LogP contribution in [0.5, 0.6) is 0 Å². The van der Waals surface area contributed by atoms with Gasteiger partial charge in [0.15, 0.2) is 0 Å². The van der Waals surface area contributed by atoms with E-state index < -0.39 is 16.1 Å². The van der Waals surface area contributed by atoms with Gasteiger partial charge in [0.1, 0.15) is 0 Å². The number of rotatable bonds is 5. The summed E-state index contributed by atoms with van der Waals surface area (Å²) >= 11 is 0. The highest BCUT2D eigenvalue weighted by atomic mass is 32.2. The third-order valence-electron chi connectivity index (χ3n) is 3.36. The van der Waals surface area contributed by atoms with Gasteiger partial charge in [-0.15, -0.1) is 0 Å². The molecule has 2 rings (SSSR count). The quantitative estimate of drug-likeness (QED) is 0.874. The molecule has 1 aliphatic rings. The van der Waals surface area contributed by atoms with E-state index in [9.17, 15) is 13.2 Å². The van der Waals surface area contributed by atoms with Gasteiger partial charge in [0, 0.05) is 11.7 Å². The van der Waals surface area contributed by atoms with Gasteiger partial charge < -0.3 is 4.74 Å². The molecule has 1 amide bonds. The molecule has 0 heterocycles. The first-order valence-electron chi connectivity index (χ1n) is 7.07. The molecule has 0 aliphatic heterocycles. The number of hydrogen-bond acceptors (Lipinski definition) is 4. The van der Waals surface area contributed by atoms with E-state index in [0.717, 1.165) is 25.7 Å². The van der Waals surface area contributed by atoms with Gasteiger partial charge in [-0.3, -0.25) is 5.32 Å². The molecule has 1 aliphatic carbocycles. The lowest BCUT2D eigenvalue weighted by atomic mass is 10.3. The molecule has 0 unspecified atom stereocenters. The van der Waals surface area contributed by atoms with Crippen molar-refractivity contribution in [1.29, 1.82) is 0 Å². The average molecular weight is 312 g/mol. The second kappa shape index (κ2) is 6.91. The molecule has 2 N–H and O–H groups in total. The molecule has 6 nitrogen and oxygen atoms in total. The standard InChI is InChI=1S/C14H20N2O4S/c1-2-20-14(17)15-11-7-9-13(10-8-11)21(18,19)16-12-5-3-4-6-12/h7-10,12,16H,2-6H2,1H3,(H,15,17). The Morgan fingerprint density at radius 1 is 1.24 bits per heavy atom. The minimum absolute atomic E-state index is 0.0346. The fourth-order valence-corrected chi connectivity index (χ4v) is 3.64. The molecule has 1 saturated carbocycles. The highest BCUT2D eigenvalue weighted by molar-refractivity contribution is 7.89. The first-order valence-corrected chi connectivity index (χ1v) is 8.56. The van der Waals surface area contributed by atoms with E-state index >= 15 is 0 Å². The van der Waals surface area contributed by atoms with Crippen LogP contribution >= 0.6 is 0 Å². The van der Waals surface area contributed by atoms with Crippen LogP contribution in [0.25, 0.3) is 0 Å². The van der Waals surface area contributed by atoms with E-state index in [1.165, 1.54) is 12.1 Å². The number of hydrogen-bond donors (Lipinski definition) is 2. The number of amides is 1. The van der Waals surface area contributed by atoms with Crippen molar-refractivity contribution in [3.8, 4) is 0 Å². The van der Waals surface area contributed by atoms with Crippen molar-refractivity contribution in [2.45, 2.75) is 43.5 Å². The van der Waals surface area contributed by atoms with Gasteiger partial charge in [0.2, 0.25) is 10.0 Å². The van der Waals surface area contributed by atoms with Gasteiger partial charge in [-0.25, -0.2) is 17.9 Å². The zero-order valence-electron chi connectivity index (χ0n) is 12.0. The third-order valence-corrected chi connectivity index (χ3v) is 4.90. The van der Waals surface area contributed by atoms with Gasteiger partial charge in [0.05, 0.1) is 11.5 Å². The Morgan fingerprint density at radius 2 is 1.86 bits per heavy atom. The van der Waals surface area contributed by atoms with E-state index in [1.807, 2.05) is 0 Å². The lowest BCUT2D eigenvalue weighted by molar-refractivity contribution is 0.168. The molecular formula is C14H20N2O4S. The van der Waals surface area contributed by atoms with Crippen LogP contribution in [0, 0.1) is 0 Å². The zero-order chi connectivity index (χ0) is 15.3. The van der Waals surface area contributed by atoms with Crippen molar-refractivity contribution in [3.05, 3.63) is 24.3 Å². The number of nitrogens with one attached hydrogen (secondary N) is 2. The Labute approximate surface area is 124 Å². The summed E-state index contributed by atoms with van der Waals surface area (Å²) in [6.45, 7) is 1.99. The summed E-state index contributed by atoms with van der Waals surface area (Å²) in [5.41, 5.74) is 0.494. The highest BCUT2D eigenvalue weighted by Gasteiger charge is 2.22. The lowest BCUT2D eigenvalue weighted by Crippen LogP contribution is -2.32. The van der Waals surface area contributed by atoms with Gasteiger partial charge >= 0.3 is 6.09 Å².